The van der Waals surface area contributed by atoms with Crippen LogP contribution in [0, 0.1) is 5.92 Å². The van der Waals surface area contributed by atoms with Crippen molar-refractivity contribution in [2.24, 2.45) is 5.92 Å². The Kier molecular flexibility index (Phi) is 4.70. The van der Waals surface area contributed by atoms with Gasteiger partial charge in [0.25, 0.3) is 0 Å². The molecular formula is C10H23N3. The molecule has 0 spiro atoms. The van der Waals surface area contributed by atoms with Gasteiger partial charge in [-0.05, 0) is 19.4 Å². The minimum absolute atomic E-state index is 0.806. The third-order valence-corrected chi connectivity index (χ3v) is 2.56. The molecule has 13 heavy (non-hydrogen) atoms. The first kappa shape index (κ1) is 11.0. The summed E-state index contributed by atoms with van der Waals surface area (Å²) in [6, 6.07) is 0. The normalized spacial score (nSPS) is 21.2. The summed E-state index contributed by atoms with van der Waals surface area (Å²) in [4.78, 5) is 2.38. The Morgan fingerprint density at radius 2 is 1.77 bits per heavy atom. The number of hydrogen-bond donors (Lipinski definition) is 1. The summed E-state index contributed by atoms with van der Waals surface area (Å²) in [6.07, 6.45) is 1.27. The first-order valence-corrected chi connectivity index (χ1v) is 5.35. The molecule has 1 aliphatic heterocycles. The van der Waals surface area contributed by atoms with Gasteiger partial charge in [-0.25, -0.2) is 5.01 Å². The van der Waals surface area contributed by atoms with Gasteiger partial charge in [-0.15, -0.1) is 0 Å². The molecule has 0 radical (unpaired) electrons. The summed E-state index contributed by atoms with van der Waals surface area (Å²) in [7, 11) is 2.19. The zero-order chi connectivity index (χ0) is 9.68. The summed E-state index contributed by atoms with van der Waals surface area (Å²) < 4.78 is 0. The van der Waals surface area contributed by atoms with Crippen molar-refractivity contribution in [2.45, 2.75) is 20.3 Å². The summed E-state index contributed by atoms with van der Waals surface area (Å²) in [5, 5.41) is 2.35. The third kappa shape index (κ3) is 4.60. The van der Waals surface area contributed by atoms with Crippen molar-refractivity contribution in [1.82, 2.24) is 15.3 Å². The number of nitrogens with zero attached hydrogens (tertiary/aromatic N) is 2. The summed E-state index contributed by atoms with van der Waals surface area (Å²) in [5.41, 5.74) is 3.48. The molecule has 1 rings (SSSR count). The molecule has 3 nitrogen and oxygen atoms in total. The molecule has 0 saturated carbocycles. The number of hydrazine groups is 1. The lowest BCUT2D eigenvalue weighted by Gasteiger charge is -2.32. The highest BCUT2D eigenvalue weighted by Crippen LogP contribution is 1.99. The van der Waals surface area contributed by atoms with E-state index in [0.717, 1.165) is 25.6 Å². The Bertz CT molecular complexity index is 128. The Hall–Kier alpha value is -0.120. The van der Waals surface area contributed by atoms with Gasteiger partial charge in [-0.1, -0.05) is 13.8 Å². The molecule has 0 bridgehead atoms. The van der Waals surface area contributed by atoms with Crippen LogP contribution in [0.1, 0.15) is 20.3 Å². The van der Waals surface area contributed by atoms with Crippen LogP contribution in [0.4, 0.5) is 0 Å². The molecule has 0 unspecified atom stereocenters. The van der Waals surface area contributed by atoms with Crippen LogP contribution in [0.5, 0.6) is 0 Å². The van der Waals surface area contributed by atoms with E-state index in [4.69, 9.17) is 0 Å². The molecule has 1 aliphatic rings. The zero-order valence-corrected chi connectivity index (χ0v) is 9.21. The second kappa shape index (κ2) is 5.58. The van der Waals surface area contributed by atoms with Crippen LogP contribution in [0.3, 0.4) is 0 Å². The molecule has 0 aromatic heterocycles. The second-order valence-electron chi connectivity index (χ2n) is 4.38. The van der Waals surface area contributed by atoms with Crippen LogP contribution in [-0.2, 0) is 0 Å². The van der Waals surface area contributed by atoms with Gasteiger partial charge in [0.2, 0.25) is 0 Å². The van der Waals surface area contributed by atoms with E-state index in [2.05, 4.69) is 36.2 Å². The molecule has 78 valence electrons. The lowest BCUT2D eigenvalue weighted by Crippen LogP contribution is -2.51. The van der Waals surface area contributed by atoms with Crippen LogP contribution >= 0.6 is 0 Å². The van der Waals surface area contributed by atoms with Crippen molar-refractivity contribution in [2.75, 3.05) is 39.8 Å². The predicted octanol–water partition coefficient (Wildman–Crippen LogP) is 0.785. The molecule has 0 aliphatic carbocycles. The van der Waals surface area contributed by atoms with Crippen LogP contribution in [0.15, 0.2) is 0 Å². The van der Waals surface area contributed by atoms with Crippen LogP contribution in [0.2, 0.25) is 0 Å². The minimum Gasteiger partial charge on any atom is -0.304 e. The van der Waals surface area contributed by atoms with Crippen molar-refractivity contribution in [3.05, 3.63) is 0 Å². The fourth-order valence-electron chi connectivity index (χ4n) is 1.48. The maximum atomic E-state index is 3.48. The van der Waals surface area contributed by atoms with Crippen LogP contribution < -0.4 is 5.43 Å². The van der Waals surface area contributed by atoms with Gasteiger partial charge in [0.1, 0.15) is 0 Å². The lowest BCUT2D eigenvalue weighted by atomic mass is 10.1. The Balaban J connectivity index is 2.02. The summed E-state index contributed by atoms with van der Waals surface area (Å²) in [6.45, 7) is 10.4. The molecule has 1 heterocycles. The van der Waals surface area contributed by atoms with E-state index in [1.165, 1.54) is 19.5 Å². The first-order chi connectivity index (χ1) is 6.18. The summed E-state index contributed by atoms with van der Waals surface area (Å²) >= 11 is 0. The van der Waals surface area contributed by atoms with E-state index in [1.54, 1.807) is 0 Å². The molecule has 0 amide bonds. The van der Waals surface area contributed by atoms with Crippen LogP contribution in [0.25, 0.3) is 0 Å². The average Bonchev–Trinajstić information content (AvgIpc) is 2.08. The number of nitrogens with one attached hydrogen (secondary N) is 1. The highest BCUT2D eigenvalue weighted by molar-refractivity contribution is 4.66. The first-order valence-electron chi connectivity index (χ1n) is 5.35. The molecular weight excluding hydrogens is 162 g/mol. The molecule has 0 aromatic rings. The van der Waals surface area contributed by atoms with Crippen molar-refractivity contribution < 1.29 is 0 Å². The fourth-order valence-corrected chi connectivity index (χ4v) is 1.48. The molecule has 0 atom stereocenters. The third-order valence-electron chi connectivity index (χ3n) is 2.56. The minimum atomic E-state index is 0.806. The van der Waals surface area contributed by atoms with Crippen LogP contribution in [-0.4, -0.2) is 49.7 Å². The standard InChI is InChI=1S/C10H23N3/c1-10(2)4-5-11-13-8-6-12(3)7-9-13/h10-11H,4-9H2,1-3H3. The van der Waals surface area contributed by atoms with E-state index in [1.807, 2.05) is 0 Å². The SMILES string of the molecule is CC(C)CCNN1CCN(C)CC1. The predicted molar refractivity (Wildman–Crippen MR) is 56.5 cm³/mol. The lowest BCUT2D eigenvalue weighted by molar-refractivity contribution is 0.103. The molecule has 1 saturated heterocycles. The molecule has 0 aromatic carbocycles. The number of likely N-dealkylation sites (N-methyl/N-ethyl adjacent to an activating group) is 1. The van der Waals surface area contributed by atoms with Gasteiger partial charge >= 0.3 is 0 Å². The smallest absolute Gasteiger partial charge is 0.0259 e. The van der Waals surface area contributed by atoms with Crippen molar-refractivity contribution in [1.29, 1.82) is 0 Å². The van der Waals surface area contributed by atoms with Gasteiger partial charge in [0.15, 0.2) is 0 Å². The van der Waals surface area contributed by atoms with Gasteiger partial charge in [-0.3, -0.25) is 5.43 Å². The zero-order valence-electron chi connectivity index (χ0n) is 9.21. The summed E-state index contributed by atoms with van der Waals surface area (Å²) in [5.74, 6) is 0.806. The highest BCUT2D eigenvalue weighted by atomic mass is 15.5. The monoisotopic (exact) mass is 185 g/mol. The van der Waals surface area contributed by atoms with Gasteiger partial charge < -0.3 is 4.90 Å². The molecule has 1 fully saturated rings. The van der Waals surface area contributed by atoms with Gasteiger partial charge in [0, 0.05) is 32.7 Å². The van der Waals surface area contributed by atoms with E-state index in [9.17, 15) is 0 Å². The average molecular weight is 185 g/mol. The maximum absolute atomic E-state index is 3.48. The van der Waals surface area contributed by atoms with E-state index in [0.29, 0.717) is 0 Å². The fraction of sp³-hybridized carbons (Fsp3) is 1.00. The van der Waals surface area contributed by atoms with E-state index in [-0.39, 0.29) is 0 Å². The number of hydrogen-bond acceptors (Lipinski definition) is 3. The Morgan fingerprint density at radius 1 is 1.15 bits per heavy atom. The number of piperazine rings is 1. The largest absolute Gasteiger partial charge is 0.304 e. The van der Waals surface area contributed by atoms with Crippen molar-refractivity contribution in [3.63, 3.8) is 0 Å². The number of rotatable bonds is 4. The topological polar surface area (TPSA) is 18.5 Å². The molecule has 3 heteroatoms. The molecule has 1 N–H and O–H groups in total. The Labute approximate surface area is 82.1 Å². The van der Waals surface area contributed by atoms with E-state index < -0.39 is 0 Å². The van der Waals surface area contributed by atoms with Crippen molar-refractivity contribution in [3.8, 4) is 0 Å². The Morgan fingerprint density at radius 3 is 2.31 bits per heavy atom. The van der Waals surface area contributed by atoms with Crippen molar-refractivity contribution >= 4 is 0 Å². The highest BCUT2D eigenvalue weighted by Gasteiger charge is 2.12. The second-order valence-corrected chi connectivity index (χ2v) is 4.38. The quantitative estimate of drug-likeness (QED) is 0.698. The van der Waals surface area contributed by atoms with E-state index >= 15 is 0 Å². The van der Waals surface area contributed by atoms with Gasteiger partial charge in [-0.2, -0.15) is 0 Å². The maximum Gasteiger partial charge on any atom is 0.0259 e. The van der Waals surface area contributed by atoms with Gasteiger partial charge in [0.05, 0.1) is 0 Å².